The molecule has 1 amide bonds. The van der Waals surface area contributed by atoms with Crippen LogP contribution < -0.4 is 0 Å². The van der Waals surface area contributed by atoms with Gasteiger partial charge in [-0.05, 0) is 25.3 Å². The minimum atomic E-state index is -0.368. The average Bonchev–Trinajstić information content (AvgIpc) is 3.13. The molecule has 2 fully saturated rings. The van der Waals surface area contributed by atoms with Crippen LogP contribution in [0.4, 0.5) is 0 Å². The van der Waals surface area contributed by atoms with E-state index in [0.717, 1.165) is 30.7 Å². The molecule has 1 aliphatic heterocycles. The van der Waals surface area contributed by atoms with Gasteiger partial charge in [-0.3, -0.25) is 9.89 Å². The number of hydrogen-bond donors (Lipinski definition) is 1. The topological polar surface area (TPSA) is 71.1 Å². The smallest absolute Gasteiger partial charge is 0.233 e. The maximum atomic E-state index is 13.4. The van der Waals surface area contributed by atoms with E-state index in [1.54, 1.807) is 7.11 Å². The van der Waals surface area contributed by atoms with Gasteiger partial charge >= 0.3 is 0 Å². The fourth-order valence-corrected chi connectivity index (χ4v) is 3.73. The summed E-state index contributed by atoms with van der Waals surface area (Å²) in [5.74, 6) is 1.63. The molecule has 2 aliphatic rings. The molecule has 0 bridgehead atoms. The van der Waals surface area contributed by atoms with E-state index in [9.17, 15) is 4.79 Å². The molecule has 0 radical (unpaired) electrons. The Morgan fingerprint density at radius 3 is 2.67 bits per heavy atom. The lowest BCUT2D eigenvalue weighted by Gasteiger charge is -2.27. The van der Waals surface area contributed by atoms with Crippen LogP contribution in [0.3, 0.4) is 0 Å². The molecule has 1 aromatic heterocycles. The summed E-state index contributed by atoms with van der Waals surface area (Å²) in [6.07, 6.45) is 2.59. The number of aromatic amines is 1. The summed E-state index contributed by atoms with van der Waals surface area (Å²) in [7, 11) is 1.70. The molecule has 0 spiro atoms. The monoisotopic (exact) mass is 326 g/mol. The molecule has 6 nitrogen and oxygen atoms in total. The molecule has 4 rings (SSSR count). The van der Waals surface area contributed by atoms with Crippen molar-refractivity contribution in [2.45, 2.75) is 43.7 Å². The van der Waals surface area contributed by atoms with Gasteiger partial charge in [0.1, 0.15) is 5.82 Å². The van der Waals surface area contributed by atoms with E-state index in [0.29, 0.717) is 12.4 Å². The standard InChI is InChI=1S/C18H22N4O2/c1-12-19-16(21-20-12)15-10-14(24-2)11-22(15)17(23)18(8-9-18)13-6-4-3-5-7-13/h3-7,14-15H,8-11H2,1-2H3,(H,19,20,21)/t14-,15-/m0/s1. The number of aryl methyl sites for hydroxylation is 1. The van der Waals surface area contributed by atoms with Gasteiger partial charge < -0.3 is 9.64 Å². The molecule has 2 aromatic rings. The zero-order valence-corrected chi connectivity index (χ0v) is 14.0. The van der Waals surface area contributed by atoms with E-state index in [4.69, 9.17) is 4.74 Å². The normalized spacial score (nSPS) is 25.0. The summed E-state index contributed by atoms with van der Waals surface area (Å²) < 4.78 is 5.53. The number of nitrogens with one attached hydrogen (secondary N) is 1. The first-order valence-corrected chi connectivity index (χ1v) is 8.42. The molecule has 1 aromatic carbocycles. The number of nitrogens with zero attached hydrogens (tertiary/aromatic N) is 3. The van der Waals surface area contributed by atoms with Gasteiger partial charge in [0.25, 0.3) is 0 Å². The first-order valence-electron chi connectivity index (χ1n) is 8.42. The molecular weight excluding hydrogens is 304 g/mol. The van der Waals surface area contributed by atoms with E-state index < -0.39 is 0 Å². The Hall–Kier alpha value is -2.21. The first kappa shape index (κ1) is 15.3. The highest BCUT2D eigenvalue weighted by Gasteiger charge is 2.55. The zero-order chi connectivity index (χ0) is 16.7. The van der Waals surface area contributed by atoms with E-state index in [1.807, 2.05) is 30.0 Å². The number of carbonyl (C=O) groups excluding carboxylic acids is 1. The highest BCUT2D eigenvalue weighted by atomic mass is 16.5. The van der Waals surface area contributed by atoms with Gasteiger partial charge in [-0.25, -0.2) is 4.98 Å². The summed E-state index contributed by atoms with van der Waals surface area (Å²) in [5.41, 5.74) is 0.744. The van der Waals surface area contributed by atoms with Crippen LogP contribution in [0.15, 0.2) is 30.3 Å². The van der Waals surface area contributed by atoms with Crippen LogP contribution in [0.25, 0.3) is 0 Å². The van der Waals surface area contributed by atoms with Crippen molar-refractivity contribution in [1.29, 1.82) is 0 Å². The van der Waals surface area contributed by atoms with Gasteiger partial charge in [0.15, 0.2) is 5.82 Å². The molecular formula is C18H22N4O2. The number of hydrogen-bond acceptors (Lipinski definition) is 4. The number of likely N-dealkylation sites (tertiary alicyclic amines) is 1. The lowest BCUT2D eigenvalue weighted by atomic mass is 9.94. The predicted molar refractivity (Wildman–Crippen MR) is 88.3 cm³/mol. The lowest BCUT2D eigenvalue weighted by Crippen LogP contribution is -2.40. The lowest BCUT2D eigenvalue weighted by molar-refractivity contribution is -0.135. The summed E-state index contributed by atoms with van der Waals surface area (Å²) in [6, 6.07) is 9.98. The van der Waals surface area contributed by atoms with E-state index >= 15 is 0 Å². The third kappa shape index (κ3) is 2.41. The molecule has 1 saturated heterocycles. The maximum Gasteiger partial charge on any atom is 0.233 e. The summed E-state index contributed by atoms with van der Waals surface area (Å²) in [5, 5.41) is 7.17. The van der Waals surface area contributed by atoms with Crippen molar-refractivity contribution < 1.29 is 9.53 Å². The summed E-state index contributed by atoms with van der Waals surface area (Å²) >= 11 is 0. The number of amides is 1. The van der Waals surface area contributed by atoms with E-state index in [1.165, 1.54) is 0 Å². The van der Waals surface area contributed by atoms with Crippen LogP contribution in [0.2, 0.25) is 0 Å². The largest absolute Gasteiger partial charge is 0.380 e. The second kappa shape index (κ2) is 5.70. The maximum absolute atomic E-state index is 13.4. The Labute approximate surface area is 141 Å². The van der Waals surface area contributed by atoms with Gasteiger partial charge in [0, 0.05) is 20.1 Å². The molecule has 24 heavy (non-hydrogen) atoms. The molecule has 1 N–H and O–H groups in total. The van der Waals surface area contributed by atoms with Crippen LogP contribution in [0.1, 0.15) is 42.5 Å². The minimum Gasteiger partial charge on any atom is -0.380 e. The van der Waals surface area contributed by atoms with Crippen molar-refractivity contribution in [1.82, 2.24) is 20.1 Å². The number of benzene rings is 1. The van der Waals surface area contributed by atoms with Crippen LogP contribution in [0, 0.1) is 6.92 Å². The summed E-state index contributed by atoms with van der Waals surface area (Å²) in [6.45, 7) is 2.47. The van der Waals surface area contributed by atoms with Crippen molar-refractivity contribution in [2.75, 3.05) is 13.7 Å². The quantitative estimate of drug-likeness (QED) is 0.934. The Morgan fingerprint density at radius 2 is 2.08 bits per heavy atom. The Morgan fingerprint density at radius 1 is 1.33 bits per heavy atom. The van der Waals surface area contributed by atoms with E-state index in [2.05, 4.69) is 27.3 Å². The average molecular weight is 326 g/mol. The third-order valence-electron chi connectivity index (χ3n) is 5.26. The van der Waals surface area contributed by atoms with Crippen molar-refractivity contribution in [2.24, 2.45) is 0 Å². The molecule has 0 unspecified atom stereocenters. The Balaban J connectivity index is 1.64. The molecule has 1 aliphatic carbocycles. The second-order valence-electron chi connectivity index (χ2n) is 6.79. The van der Waals surface area contributed by atoms with Gasteiger partial charge in [-0.2, -0.15) is 5.10 Å². The molecule has 126 valence electrons. The Kier molecular flexibility index (Phi) is 3.64. The first-order chi connectivity index (χ1) is 11.6. The number of H-pyrrole nitrogens is 1. The highest BCUT2D eigenvalue weighted by Crippen LogP contribution is 2.51. The van der Waals surface area contributed by atoms with Gasteiger partial charge in [0.05, 0.1) is 17.6 Å². The van der Waals surface area contributed by atoms with Gasteiger partial charge in [-0.1, -0.05) is 30.3 Å². The molecule has 6 heteroatoms. The van der Waals surface area contributed by atoms with Crippen LogP contribution in [0.5, 0.6) is 0 Å². The van der Waals surface area contributed by atoms with Crippen LogP contribution in [-0.2, 0) is 14.9 Å². The summed E-state index contributed by atoms with van der Waals surface area (Å²) in [4.78, 5) is 19.8. The number of methoxy groups -OCH3 is 1. The third-order valence-corrected chi connectivity index (χ3v) is 5.26. The number of ether oxygens (including phenoxy) is 1. The molecule has 1 saturated carbocycles. The SMILES string of the molecule is CO[C@H]1C[C@@H](c2n[nH]c(C)n2)N(C(=O)C2(c3ccccc3)CC2)C1. The fourth-order valence-electron chi connectivity index (χ4n) is 3.73. The van der Waals surface area contributed by atoms with E-state index in [-0.39, 0.29) is 23.5 Å². The molecule has 2 heterocycles. The zero-order valence-electron chi connectivity index (χ0n) is 14.0. The Bertz CT molecular complexity index is 738. The predicted octanol–water partition coefficient (Wildman–Crippen LogP) is 2.13. The van der Waals surface area contributed by atoms with Crippen molar-refractivity contribution >= 4 is 5.91 Å². The molecule has 2 atom stereocenters. The minimum absolute atomic E-state index is 0.0318. The van der Waals surface area contributed by atoms with Crippen LogP contribution in [-0.4, -0.2) is 45.7 Å². The fraction of sp³-hybridized carbons (Fsp3) is 0.500. The highest BCUT2D eigenvalue weighted by molar-refractivity contribution is 5.91. The van der Waals surface area contributed by atoms with Crippen molar-refractivity contribution in [3.05, 3.63) is 47.5 Å². The van der Waals surface area contributed by atoms with Gasteiger partial charge in [0.2, 0.25) is 5.91 Å². The van der Waals surface area contributed by atoms with Crippen molar-refractivity contribution in [3.8, 4) is 0 Å². The number of carbonyl (C=O) groups is 1. The van der Waals surface area contributed by atoms with Crippen LogP contribution >= 0.6 is 0 Å². The van der Waals surface area contributed by atoms with Gasteiger partial charge in [-0.15, -0.1) is 0 Å². The second-order valence-corrected chi connectivity index (χ2v) is 6.79. The number of rotatable bonds is 4. The number of aromatic nitrogens is 3. The van der Waals surface area contributed by atoms with Crippen molar-refractivity contribution in [3.63, 3.8) is 0 Å².